The first-order valence-corrected chi connectivity index (χ1v) is 27.1. The van der Waals surface area contributed by atoms with Crippen LogP contribution < -0.4 is 0 Å². The van der Waals surface area contributed by atoms with Gasteiger partial charge in [0.1, 0.15) is 0 Å². The van der Waals surface area contributed by atoms with Crippen LogP contribution in [0, 0.1) is 6.92 Å². The highest BCUT2D eigenvalue weighted by molar-refractivity contribution is 6.12. The standard InChI is InChI=1S/C74H48F3N3/c1-45-28-30-46(31-29-45)62-42-52(73-78-66(48-16-4-2-5-17-48)44-67(79-73)49-18-6-3-7-19-49)43-63(47-32-36-53(37-33-47)74(75,76)77)72(62)80-68-38-34-50(70-58-24-12-8-20-54(58)55-21-9-13-25-59(55)70)40-64(68)65-41-51(35-39-69(65)80)71-60-26-14-10-22-56(60)57-23-11-15-27-61(57)71/h2-44,70-71H,1H3. The fourth-order valence-electron chi connectivity index (χ4n) is 12.8. The summed E-state index contributed by atoms with van der Waals surface area (Å²) in [5.41, 5.74) is 22.8. The van der Waals surface area contributed by atoms with E-state index in [0.717, 1.165) is 77.8 Å². The molecule has 0 unspecified atom stereocenters. The summed E-state index contributed by atoms with van der Waals surface area (Å²) in [6.07, 6.45) is -4.53. The molecule has 380 valence electrons. The van der Waals surface area contributed by atoms with Gasteiger partial charge in [-0.25, -0.2) is 9.97 Å². The monoisotopic (exact) mass is 1040 g/mol. The van der Waals surface area contributed by atoms with Crippen molar-refractivity contribution in [1.82, 2.24) is 14.5 Å². The molecule has 2 aliphatic carbocycles. The topological polar surface area (TPSA) is 30.7 Å². The van der Waals surface area contributed by atoms with Gasteiger partial charge in [-0.15, -0.1) is 0 Å². The second-order valence-electron chi connectivity index (χ2n) is 21.2. The lowest BCUT2D eigenvalue weighted by molar-refractivity contribution is -0.137. The molecule has 2 aliphatic rings. The van der Waals surface area contributed by atoms with E-state index in [1.165, 1.54) is 67.8 Å². The minimum atomic E-state index is -4.53. The van der Waals surface area contributed by atoms with Gasteiger partial charge >= 0.3 is 6.18 Å². The van der Waals surface area contributed by atoms with Crippen LogP contribution in [-0.2, 0) is 6.18 Å². The van der Waals surface area contributed by atoms with Gasteiger partial charge in [-0.3, -0.25) is 0 Å². The number of fused-ring (bicyclic) bond motifs is 9. The van der Waals surface area contributed by atoms with E-state index in [0.29, 0.717) is 11.4 Å². The highest BCUT2D eigenvalue weighted by Gasteiger charge is 2.34. The van der Waals surface area contributed by atoms with Crippen molar-refractivity contribution in [2.75, 3.05) is 0 Å². The fraction of sp³-hybridized carbons (Fsp3) is 0.0541. The van der Waals surface area contributed by atoms with Gasteiger partial charge in [0.2, 0.25) is 0 Å². The van der Waals surface area contributed by atoms with Crippen LogP contribution in [0.2, 0.25) is 0 Å². The summed E-state index contributed by atoms with van der Waals surface area (Å²) in [6.45, 7) is 2.08. The van der Waals surface area contributed by atoms with Gasteiger partial charge in [0.15, 0.2) is 5.82 Å². The Labute approximate surface area is 461 Å². The number of benzene rings is 11. The summed E-state index contributed by atoms with van der Waals surface area (Å²) in [5.74, 6) is 0.489. The van der Waals surface area contributed by atoms with Crippen LogP contribution in [0.4, 0.5) is 13.2 Å². The molecule has 0 spiro atoms. The molecular weight excluding hydrogens is 988 g/mol. The van der Waals surface area contributed by atoms with E-state index in [4.69, 9.17) is 9.97 Å². The summed E-state index contributed by atoms with van der Waals surface area (Å²) < 4.78 is 45.9. The molecular formula is C74H48F3N3. The first kappa shape index (κ1) is 47.3. The highest BCUT2D eigenvalue weighted by Crippen LogP contribution is 2.52. The van der Waals surface area contributed by atoms with E-state index < -0.39 is 11.7 Å². The summed E-state index contributed by atoms with van der Waals surface area (Å²) in [4.78, 5) is 10.6. The molecule has 2 heterocycles. The molecule has 13 aromatic rings. The zero-order chi connectivity index (χ0) is 53.6. The van der Waals surface area contributed by atoms with Crippen molar-refractivity contribution in [2.24, 2.45) is 0 Å². The molecule has 0 radical (unpaired) electrons. The maximum Gasteiger partial charge on any atom is 0.416 e. The third-order valence-corrected chi connectivity index (χ3v) is 16.5. The van der Waals surface area contributed by atoms with Gasteiger partial charge < -0.3 is 4.57 Å². The average molecular weight is 1040 g/mol. The number of rotatable bonds is 8. The largest absolute Gasteiger partial charge is 0.416 e. The van der Waals surface area contributed by atoms with Gasteiger partial charge in [0, 0.05) is 50.4 Å². The number of hydrogen-bond donors (Lipinski definition) is 0. The summed E-state index contributed by atoms with van der Waals surface area (Å²) >= 11 is 0. The zero-order valence-electron chi connectivity index (χ0n) is 43.5. The first-order chi connectivity index (χ1) is 39.2. The van der Waals surface area contributed by atoms with E-state index in [9.17, 15) is 13.2 Å². The predicted molar refractivity (Wildman–Crippen MR) is 319 cm³/mol. The second-order valence-corrected chi connectivity index (χ2v) is 21.2. The van der Waals surface area contributed by atoms with Gasteiger partial charge in [0.25, 0.3) is 0 Å². The van der Waals surface area contributed by atoms with Crippen LogP contribution in [0.25, 0.3) is 106 Å². The normalized spacial score (nSPS) is 12.9. The highest BCUT2D eigenvalue weighted by atomic mass is 19.4. The Morgan fingerprint density at radius 3 is 1.15 bits per heavy atom. The number of halogens is 3. The van der Waals surface area contributed by atoms with E-state index in [-0.39, 0.29) is 11.8 Å². The van der Waals surface area contributed by atoms with Crippen molar-refractivity contribution in [3.8, 4) is 84.1 Å². The summed E-state index contributed by atoms with van der Waals surface area (Å²) in [7, 11) is 0. The Bertz CT molecular complexity index is 4280. The van der Waals surface area contributed by atoms with Crippen molar-refractivity contribution in [1.29, 1.82) is 0 Å². The molecule has 80 heavy (non-hydrogen) atoms. The Hall–Kier alpha value is -9.91. The molecule has 3 nitrogen and oxygen atoms in total. The molecule has 0 N–H and O–H groups in total. The van der Waals surface area contributed by atoms with E-state index in [2.05, 4.69) is 181 Å². The van der Waals surface area contributed by atoms with E-state index in [1.54, 1.807) is 12.1 Å². The summed E-state index contributed by atoms with van der Waals surface area (Å²) in [5, 5.41) is 2.15. The Balaban J connectivity index is 1.04. The second kappa shape index (κ2) is 18.6. The summed E-state index contributed by atoms with van der Waals surface area (Å²) in [6, 6.07) is 89.4. The van der Waals surface area contributed by atoms with Crippen molar-refractivity contribution < 1.29 is 13.2 Å². The SMILES string of the molecule is Cc1ccc(-c2cc(-c3nc(-c4ccccc4)cc(-c4ccccc4)n3)cc(-c3ccc(C(F)(F)F)cc3)c2-n2c3ccc(C4c5ccccc5-c5ccccc54)cc3c3cc(C4c5ccccc5-c5ccccc54)ccc32)cc1. The quantitative estimate of drug-likeness (QED) is 0.152. The Kier molecular flexibility index (Phi) is 11.0. The fourth-order valence-corrected chi connectivity index (χ4v) is 12.8. The van der Waals surface area contributed by atoms with Crippen LogP contribution in [0.15, 0.2) is 261 Å². The van der Waals surface area contributed by atoms with Gasteiger partial charge in [-0.2, -0.15) is 13.2 Å². The van der Waals surface area contributed by atoms with Crippen LogP contribution in [0.3, 0.4) is 0 Å². The van der Waals surface area contributed by atoms with Crippen molar-refractivity contribution in [2.45, 2.75) is 24.9 Å². The van der Waals surface area contributed by atoms with E-state index >= 15 is 0 Å². The number of aromatic nitrogens is 3. The van der Waals surface area contributed by atoms with Crippen LogP contribution in [0.1, 0.15) is 56.3 Å². The van der Waals surface area contributed by atoms with Crippen molar-refractivity contribution in [3.63, 3.8) is 0 Å². The first-order valence-electron chi connectivity index (χ1n) is 27.1. The van der Waals surface area contributed by atoms with Gasteiger partial charge in [-0.05, 0) is 128 Å². The molecule has 0 amide bonds. The van der Waals surface area contributed by atoms with Crippen molar-refractivity contribution >= 4 is 21.8 Å². The average Bonchev–Trinajstić information content (AvgIpc) is 4.34. The Morgan fingerprint density at radius 1 is 0.350 bits per heavy atom. The minimum absolute atomic E-state index is 0.000457. The number of hydrogen-bond acceptors (Lipinski definition) is 2. The van der Waals surface area contributed by atoms with Crippen LogP contribution >= 0.6 is 0 Å². The zero-order valence-corrected chi connectivity index (χ0v) is 43.5. The maximum atomic E-state index is 14.5. The molecule has 0 saturated heterocycles. The smallest absolute Gasteiger partial charge is 0.308 e. The molecule has 0 aliphatic heterocycles. The number of aryl methyl sites for hydroxylation is 1. The van der Waals surface area contributed by atoms with Crippen LogP contribution in [-0.4, -0.2) is 14.5 Å². The van der Waals surface area contributed by atoms with E-state index in [1.807, 2.05) is 66.7 Å². The number of alkyl halides is 3. The molecule has 0 bridgehead atoms. The van der Waals surface area contributed by atoms with Crippen LogP contribution in [0.5, 0.6) is 0 Å². The van der Waals surface area contributed by atoms with Gasteiger partial charge in [0.05, 0.1) is 33.7 Å². The minimum Gasteiger partial charge on any atom is -0.308 e. The third-order valence-electron chi connectivity index (χ3n) is 16.5. The Morgan fingerprint density at radius 2 is 0.738 bits per heavy atom. The molecule has 2 aromatic heterocycles. The molecule has 6 heteroatoms. The maximum absolute atomic E-state index is 14.5. The molecule has 0 saturated carbocycles. The predicted octanol–water partition coefficient (Wildman–Crippen LogP) is 19.6. The molecule has 11 aromatic carbocycles. The lowest BCUT2D eigenvalue weighted by atomic mass is 9.87. The molecule has 15 rings (SSSR count). The molecule has 0 atom stereocenters. The van der Waals surface area contributed by atoms with Crippen molar-refractivity contribution in [3.05, 3.63) is 305 Å². The number of nitrogens with zero attached hydrogens (tertiary/aromatic N) is 3. The molecule has 0 fully saturated rings. The van der Waals surface area contributed by atoms with Gasteiger partial charge in [-0.1, -0.05) is 212 Å². The lowest BCUT2D eigenvalue weighted by Crippen LogP contribution is -2.05. The third kappa shape index (κ3) is 7.81. The lowest BCUT2D eigenvalue weighted by Gasteiger charge is -2.22.